The Bertz CT molecular complexity index is 1270. The van der Waals surface area contributed by atoms with Crippen molar-refractivity contribution in [3.05, 3.63) is 98.9 Å². The first-order valence-electron chi connectivity index (χ1n) is 10.5. The molecule has 1 aliphatic rings. The van der Waals surface area contributed by atoms with Crippen molar-refractivity contribution < 1.29 is 23.5 Å². The van der Waals surface area contributed by atoms with Crippen molar-refractivity contribution in [3.8, 4) is 11.5 Å². The lowest BCUT2D eigenvalue weighted by atomic mass is 10.1. The largest absolute Gasteiger partial charge is 0.493 e. The highest BCUT2D eigenvalue weighted by molar-refractivity contribution is 9.10. The van der Waals surface area contributed by atoms with Crippen LogP contribution in [-0.4, -0.2) is 23.9 Å². The predicted molar refractivity (Wildman–Crippen MR) is 130 cm³/mol. The van der Waals surface area contributed by atoms with Gasteiger partial charge >= 0.3 is 6.03 Å². The molecule has 0 unspecified atom stereocenters. The summed E-state index contributed by atoms with van der Waals surface area (Å²) in [5.41, 5.74) is 3.53. The minimum atomic E-state index is -0.472. The van der Waals surface area contributed by atoms with Crippen molar-refractivity contribution in [3.63, 3.8) is 0 Å². The Balaban J connectivity index is 1.53. The van der Waals surface area contributed by atoms with Crippen LogP contribution >= 0.6 is 15.9 Å². The lowest BCUT2D eigenvalue weighted by Crippen LogP contribution is -2.30. The quantitative estimate of drug-likeness (QED) is 0.323. The fraction of sp³-hybridized carbons (Fsp3) is 0.154. The third-order valence-corrected chi connectivity index (χ3v) is 5.96. The molecule has 0 atom stereocenters. The number of hydrogen-bond donors (Lipinski definition) is 1. The van der Waals surface area contributed by atoms with Gasteiger partial charge < -0.3 is 14.8 Å². The van der Waals surface area contributed by atoms with Crippen molar-refractivity contribution in [2.45, 2.75) is 20.1 Å². The van der Waals surface area contributed by atoms with Crippen molar-refractivity contribution in [2.75, 3.05) is 7.11 Å². The summed E-state index contributed by atoms with van der Waals surface area (Å²) in [7, 11) is 1.51. The number of nitrogens with one attached hydrogen (secondary N) is 1. The van der Waals surface area contributed by atoms with Crippen LogP contribution in [0.25, 0.3) is 6.08 Å². The van der Waals surface area contributed by atoms with Crippen LogP contribution in [0.3, 0.4) is 0 Å². The Hall–Kier alpha value is -3.65. The lowest BCUT2D eigenvalue weighted by molar-refractivity contribution is -0.123. The second-order valence-corrected chi connectivity index (χ2v) is 8.66. The lowest BCUT2D eigenvalue weighted by Gasteiger charge is -2.13. The SMILES string of the molecule is COc1cc(/C=C2/NC(=O)N(Cc3cccc(C)c3)C2=O)c(Br)cc1OCc1ccc(F)cc1. The van der Waals surface area contributed by atoms with E-state index in [-0.39, 0.29) is 24.7 Å². The van der Waals surface area contributed by atoms with E-state index >= 15 is 0 Å². The number of ether oxygens (including phenoxy) is 2. The van der Waals surface area contributed by atoms with Crippen molar-refractivity contribution in [1.82, 2.24) is 10.2 Å². The van der Waals surface area contributed by atoms with E-state index in [1.165, 1.54) is 24.1 Å². The normalized spacial score (nSPS) is 14.5. The van der Waals surface area contributed by atoms with E-state index in [9.17, 15) is 14.0 Å². The molecule has 0 radical (unpaired) electrons. The van der Waals surface area contributed by atoms with E-state index < -0.39 is 11.9 Å². The van der Waals surface area contributed by atoms with Gasteiger partial charge in [-0.1, -0.05) is 57.9 Å². The average molecular weight is 525 g/mol. The van der Waals surface area contributed by atoms with Crippen LogP contribution in [0.4, 0.5) is 9.18 Å². The van der Waals surface area contributed by atoms with E-state index in [1.807, 2.05) is 31.2 Å². The van der Waals surface area contributed by atoms with Gasteiger partial charge in [0.25, 0.3) is 5.91 Å². The van der Waals surface area contributed by atoms with Crippen LogP contribution in [0.15, 0.2) is 70.8 Å². The molecule has 1 heterocycles. The predicted octanol–water partition coefficient (Wildman–Crippen LogP) is 5.58. The van der Waals surface area contributed by atoms with Gasteiger partial charge in [0.2, 0.25) is 0 Å². The summed E-state index contributed by atoms with van der Waals surface area (Å²) in [4.78, 5) is 26.5. The smallest absolute Gasteiger partial charge is 0.329 e. The molecule has 1 saturated heterocycles. The van der Waals surface area contributed by atoms with Gasteiger partial charge in [-0.05, 0) is 54.0 Å². The molecule has 1 fully saturated rings. The number of aryl methyl sites for hydroxylation is 1. The van der Waals surface area contributed by atoms with E-state index in [2.05, 4.69) is 21.2 Å². The van der Waals surface area contributed by atoms with Crippen molar-refractivity contribution >= 4 is 33.9 Å². The molecule has 0 aliphatic carbocycles. The monoisotopic (exact) mass is 524 g/mol. The topological polar surface area (TPSA) is 67.9 Å². The number of benzene rings is 3. The van der Waals surface area contributed by atoms with Crippen molar-refractivity contribution in [2.24, 2.45) is 0 Å². The molecule has 34 heavy (non-hydrogen) atoms. The number of rotatable bonds is 7. The molecule has 1 aliphatic heterocycles. The molecular weight excluding hydrogens is 503 g/mol. The first-order chi connectivity index (χ1) is 16.3. The van der Waals surface area contributed by atoms with Crippen LogP contribution in [0.5, 0.6) is 11.5 Å². The van der Waals surface area contributed by atoms with Crippen molar-refractivity contribution in [1.29, 1.82) is 0 Å². The van der Waals surface area contributed by atoms with Crippen LogP contribution in [-0.2, 0) is 17.9 Å². The number of methoxy groups -OCH3 is 1. The number of hydrogen-bond acceptors (Lipinski definition) is 4. The fourth-order valence-corrected chi connectivity index (χ4v) is 3.98. The maximum absolute atomic E-state index is 13.1. The molecule has 6 nitrogen and oxygen atoms in total. The highest BCUT2D eigenvalue weighted by Gasteiger charge is 2.33. The molecule has 174 valence electrons. The fourth-order valence-electron chi connectivity index (χ4n) is 3.54. The molecule has 0 aromatic heterocycles. The Morgan fingerprint density at radius 1 is 1.03 bits per heavy atom. The minimum absolute atomic E-state index is 0.167. The molecule has 3 amide bonds. The third kappa shape index (κ3) is 5.28. The average Bonchev–Trinajstić information content (AvgIpc) is 3.07. The third-order valence-electron chi connectivity index (χ3n) is 5.28. The van der Waals surface area contributed by atoms with Crippen LogP contribution in [0, 0.1) is 12.7 Å². The van der Waals surface area contributed by atoms with Gasteiger partial charge in [-0.15, -0.1) is 0 Å². The number of carbonyl (C=O) groups is 2. The summed E-state index contributed by atoms with van der Waals surface area (Å²) in [6.45, 7) is 2.37. The highest BCUT2D eigenvalue weighted by Crippen LogP contribution is 2.35. The van der Waals surface area contributed by atoms with Gasteiger partial charge in [-0.3, -0.25) is 9.69 Å². The van der Waals surface area contributed by atoms with Crippen LogP contribution < -0.4 is 14.8 Å². The van der Waals surface area contributed by atoms with E-state index in [4.69, 9.17) is 9.47 Å². The van der Waals surface area contributed by atoms with Gasteiger partial charge in [-0.25, -0.2) is 9.18 Å². The number of carbonyl (C=O) groups excluding carboxylic acids is 2. The summed E-state index contributed by atoms with van der Waals surface area (Å²) >= 11 is 3.50. The van der Waals surface area contributed by atoms with E-state index in [1.54, 1.807) is 30.3 Å². The van der Waals surface area contributed by atoms with E-state index in [0.29, 0.717) is 21.5 Å². The van der Waals surface area contributed by atoms with Gasteiger partial charge in [0.05, 0.1) is 13.7 Å². The molecule has 0 saturated carbocycles. The van der Waals surface area contributed by atoms with Crippen LogP contribution in [0.1, 0.15) is 22.3 Å². The zero-order valence-electron chi connectivity index (χ0n) is 18.6. The standard InChI is InChI=1S/C26H22BrFN2O4/c1-16-4-3-5-18(10-16)14-30-25(31)22(29-26(30)32)11-19-12-23(33-2)24(13-21(19)27)34-15-17-6-8-20(28)9-7-17/h3-13H,14-15H2,1-2H3,(H,29,32)/b22-11+. The molecule has 3 aromatic rings. The molecular formula is C26H22BrFN2O4. The van der Waals surface area contributed by atoms with E-state index in [0.717, 1.165) is 16.7 Å². The maximum atomic E-state index is 13.1. The number of nitrogens with zero attached hydrogens (tertiary/aromatic N) is 1. The Morgan fingerprint density at radius 3 is 2.50 bits per heavy atom. The number of imide groups is 1. The molecule has 0 spiro atoms. The minimum Gasteiger partial charge on any atom is -0.493 e. The molecule has 3 aromatic carbocycles. The molecule has 1 N–H and O–H groups in total. The molecule has 0 bridgehead atoms. The second-order valence-electron chi connectivity index (χ2n) is 7.81. The number of amides is 3. The highest BCUT2D eigenvalue weighted by atomic mass is 79.9. The summed E-state index contributed by atoms with van der Waals surface area (Å²) in [5, 5.41) is 2.64. The summed E-state index contributed by atoms with van der Waals surface area (Å²) in [6.07, 6.45) is 1.59. The van der Waals surface area contributed by atoms with Crippen LogP contribution in [0.2, 0.25) is 0 Å². The van der Waals surface area contributed by atoms with Gasteiger partial charge in [-0.2, -0.15) is 0 Å². The summed E-state index contributed by atoms with van der Waals surface area (Å²) in [5.74, 6) is 0.204. The molecule has 8 heteroatoms. The Labute approximate surface area is 205 Å². The van der Waals surface area contributed by atoms with Gasteiger partial charge in [0.15, 0.2) is 11.5 Å². The molecule has 4 rings (SSSR count). The second kappa shape index (κ2) is 10.1. The maximum Gasteiger partial charge on any atom is 0.329 e. The Kier molecular flexibility index (Phi) is 6.98. The number of urea groups is 1. The Morgan fingerprint density at radius 2 is 1.79 bits per heavy atom. The summed E-state index contributed by atoms with van der Waals surface area (Å²) < 4.78 is 25.1. The summed E-state index contributed by atoms with van der Waals surface area (Å²) in [6, 6.07) is 16.7. The first-order valence-corrected chi connectivity index (χ1v) is 11.3. The van der Waals surface area contributed by atoms with Gasteiger partial charge in [0, 0.05) is 4.47 Å². The zero-order valence-corrected chi connectivity index (χ0v) is 20.2. The zero-order chi connectivity index (χ0) is 24.2. The first kappa shape index (κ1) is 23.5. The number of halogens is 2. The van der Waals surface area contributed by atoms with Gasteiger partial charge in [0.1, 0.15) is 18.1 Å².